The van der Waals surface area contributed by atoms with Crippen molar-refractivity contribution in [3.63, 3.8) is 0 Å². The van der Waals surface area contributed by atoms with Crippen LogP contribution in [0.1, 0.15) is 25.0 Å². The minimum absolute atomic E-state index is 0.0559. The number of hydrogen-bond acceptors (Lipinski definition) is 5. The fourth-order valence-electron chi connectivity index (χ4n) is 2.12. The van der Waals surface area contributed by atoms with Crippen LogP contribution in [-0.4, -0.2) is 25.8 Å². The molecule has 1 aliphatic carbocycles. The SMILES string of the molecule is O=C1CCCC(O)=C1c1ccc2cncnc2n1. The van der Waals surface area contributed by atoms with Crippen molar-refractivity contribution in [1.29, 1.82) is 0 Å². The van der Waals surface area contributed by atoms with Gasteiger partial charge in [-0.1, -0.05) is 0 Å². The number of hydrogen-bond donors (Lipinski definition) is 1. The zero-order valence-corrected chi connectivity index (χ0v) is 9.63. The van der Waals surface area contributed by atoms with E-state index in [0.29, 0.717) is 36.2 Å². The fraction of sp³-hybridized carbons (Fsp3) is 0.231. The van der Waals surface area contributed by atoms with Crippen molar-refractivity contribution in [2.75, 3.05) is 0 Å². The molecule has 5 heteroatoms. The van der Waals surface area contributed by atoms with Crippen molar-refractivity contribution in [1.82, 2.24) is 15.0 Å². The first kappa shape index (κ1) is 10.8. The van der Waals surface area contributed by atoms with E-state index in [4.69, 9.17) is 0 Å². The minimum Gasteiger partial charge on any atom is -0.511 e. The van der Waals surface area contributed by atoms with Crippen LogP contribution in [0, 0.1) is 0 Å². The van der Waals surface area contributed by atoms with Crippen LogP contribution in [0.3, 0.4) is 0 Å². The summed E-state index contributed by atoms with van der Waals surface area (Å²) in [6, 6.07) is 3.53. The van der Waals surface area contributed by atoms with E-state index in [1.807, 2.05) is 0 Å². The Morgan fingerprint density at radius 1 is 1.22 bits per heavy atom. The van der Waals surface area contributed by atoms with E-state index >= 15 is 0 Å². The highest BCUT2D eigenvalue weighted by molar-refractivity contribution is 6.21. The number of fused-ring (bicyclic) bond motifs is 1. The van der Waals surface area contributed by atoms with Crippen LogP contribution in [0.2, 0.25) is 0 Å². The van der Waals surface area contributed by atoms with E-state index in [9.17, 15) is 9.90 Å². The Morgan fingerprint density at radius 2 is 2.11 bits per heavy atom. The average molecular weight is 241 g/mol. The van der Waals surface area contributed by atoms with Crippen molar-refractivity contribution in [2.24, 2.45) is 0 Å². The van der Waals surface area contributed by atoms with Crippen LogP contribution in [-0.2, 0) is 4.79 Å². The number of carbonyl (C=O) groups is 1. The molecule has 0 aliphatic heterocycles. The van der Waals surface area contributed by atoms with Crippen molar-refractivity contribution < 1.29 is 9.90 Å². The number of aromatic nitrogens is 3. The molecular formula is C13H11N3O2. The Balaban J connectivity index is 2.17. The summed E-state index contributed by atoms with van der Waals surface area (Å²) in [6.45, 7) is 0. The molecule has 0 saturated heterocycles. The van der Waals surface area contributed by atoms with Crippen LogP contribution in [0.4, 0.5) is 0 Å². The molecule has 0 bridgehead atoms. The maximum atomic E-state index is 11.9. The standard InChI is InChI=1S/C13H11N3O2/c17-10-2-1-3-11(18)12(10)9-5-4-8-6-14-7-15-13(8)16-9/h4-7,17H,1-3H2. The molecule has 0 unspecified atom stereocenters. The van der Waals surface area contributed by atoms with Crippen molar-refractivity contribution >= 4 is 22.4 Å². The molecule has 2 heterocycles. The lowest BCUT2D eigenvalue weighted by Gasteiger charge is -2.14. The molecule has 2 aromatic rings. The van der Waals surface area contributed by atoms with Gasteiger partial charge in [-0.15, -0.1) is 0 Å². The number of nitrogens with zero attached hydrogens (tertiary/aromatic N) is 3. The van der Waals surface area contributed by atoms with Crippen LogP contribution >= 0.6 is 0 Å². The van der Waals surface area contributed by atoms with Gasteiger partial charge in [-0.3, -0.25) is 4.79 Å². The van der Waals surface area contributed by atoms with Gasteiger partial charge in [0.1, 0.15) is 12.1 Å². The maximum Gasteiger partial charge on any atom is 0.168 e. The number of ketones is 1. The van der Waals surface area contributed by atoms with E-state index in [-0.39, 0.29) is 11.5 Å². The summed E-state index contributed by atoms with van der Waals surface area (Å²) in [5, 5.41) is 10.7. The second-order valence-corrected chi connectivity index (χ2v) is 4.23. The number of Topliss-reactive ketones (excluding diaryl/α,β-unsaturated/α-hetero) is 1. The zero-order chi connectivity index (χ0) is 12.5. The molecule has 5 nitrogen and oxygen atoms in total. The normalized spacial score (nSPS) is 16.3. The first-order valence-corrected chi connectivity index (χ1v) is 5.78. The molecule has 90 valence electrons. The third kappa shape index (κ3) is 1.73. The number of aliphatic hydroxyl groups is 1. The first-order valence-electron chi connectivity index (χ1n) is 5.78. The molecule has 0 saturated carbocycles. The Kier molecular flexibility index (Phi) is 2.51. The van der Waals surface area contributed by atoms with Gasteiger partial charge in [0.15, 0.2) is 11.4 Å². The Labute approximate surface area is 103 Å². The molecule has 0 atom stereocenters. The highest BCUT2D eigenvalue weighted by Crippen LogP contribution is 2.27. The van der Waals surface area contributed by atoms with Gasteiger partial charge in [-0.2, -0.15) is 0 Å². The van der Waals surface area contributed by atoms with E-state index in [0.717, 1.165) is 5.39 Å². The number of carbonyl (C=O) groups excluding carboxylic acids is 1. The van der Waals surface area contributed by atoms with Crippen molar-refractivity contribution in [3.8, 4) is 0 Å². The third-order valence-electron chi connectivity index (χ3n) is 3.01. The van der Waals surface area contributed by atoms with Gasteiger partial charge in [0.25, 0.3) is 0 Å². The van der Waals surface area contributed by atoms with Gasteiger partial charge in [0, 0.05) is 24.4 Å². The number of aliphatic hydroxyl groups excluding tert-OH is 1. The second kappa shape index (κ2) is 4.18. The van der Waals surface area contributed by atoms with Gasteiger partial charge in [-0.25, -0.2) is 15.0 Å². The summed E-state index contributed by atoms with van der Waals surface area (Å²) in [7, 11) is 0. The maximum absolute atomic E-state index is 11.9. The van der Waals surface area contributed by atoms with Crippen LogP contribution < -0.4 is 0 Å². The third-order valence-corrected chi connectivity index (χ3v) is 3.01. The zero-order valence-electron chi connectivity index (χ0n) is 9.63. The monoisotopic (exact) mass is 241 g/mol. The van der Waals surface area contributed by atoms with Crippen LogP contribution in [0.5, 0.6) is 0 Å². The lowest BCUT2D eigenvalue weighted by Crippen LogP contribution is -2.11. The molecular weight excluding hydrogens is 230 g/mol. The molecule has 18 heavy (non-hydrogen) atoms. The predicted octanol–water partition coefficient (Wildman–Crippen LogP) is 2.05. The summed E-state index contributed by atoms with van der Waals surface area (Å²) >= 11 is 0. The van der Waals surface area contributed by atoms with Gasteiger partial charge in [0.05, 0.1) is 11.3 Å². The quantitative estimate of drug-likeness (QED) is 0.826. The molecule has 3 rings (SSSR count). The summed E-state index contributed by atoms with van der Waals surface area (Å²) in [6.07, 6.45) is 4.77. The summed E-state index contributed by atoms with van der Waals surface area (Å²) in [5.74, 6) is 0.0758. The molecule has 1 aliphatic rings. The number of pyridine rings is 1. The largest absolute Gasteiger partial charge is 0.511 e. The topological polar surface area (TPSA) is 76.0 Å². The van der Waals surface area contributed by atoms with Gasteiger partial charge < -0.3 is 5.11 Å². The van der Waals surface area contributed by atoms with Crippen molar-refractivity contribution in [2.45, 2.75) is 19.3 Å². The Morgan fingerprint density at radius 3 is 2.94 bits per heavy atom. The molecule has 0 fully saturated rings. The van der Waals surface area contributed by atoms with E-state index in [1.54, 1.807) is 18.3 Å². The number of rotatable bonds is 1. The Hall–Kier alpha value is -2.30. The summed E-state index contributed by atoms with van der Waals surface area (Å²) in [4.78, 5) is 24.1. The molecule has 2 aromatic heterocycles. The molecule has 0 spiro atoms. The fourth-order valence-corrected chi connectivity index (χ4v) is 2.12. The molecule has 1 N–H and O–H groups in total. The first-order chi connectivity index (χ1) is 8.75. The van der Waals surface area contributed by atoms with Gasteiger partial charge >= 0.3 is 0 Å². The van der Waals surface area contributed by atoms with E-state index in [2.05, 4.69) is 15.0 Å². The lowest BCUT2D eigenvalue weighted by molar-refractivity contribution is -0.114. The predicted molar refractivity (Wildman–Crippen MR) is 65.7 cm³/mol. The molecule has 0 radical (unpaired) electrons. The second-order valence-electron chi connectivity index (χ2n) is 4.23. The van der Waals surface area contributed by atoms with Crippen molar-refractivity contribution in [3.05, 3.63) is 36.1 Å². The minimum atomic E-state index is -0.0559. The number of allylic oxidation sites excluding steroid dienone is 2. The van der Waals surface area contributed by atoms with Crippen LogP contribution in [0.15, 0.2) is 30.4 Å². The summed E-state index contributed by atoms with van der Waals surface area (Å²) in [5.41, 5.74) is 1.35. The highest BCUT2D eigenvalue weighted by atomic mass is 16.3. The lowest BCUT2D eigenvalue weighted by atomic mass is 9.93. The smallest absolute Gasteiger partial charge is 0.168 e. The summed E-state index contributed by atoms with van der Waals surface area (Å²) < 4.78 is 0. The molecule has 0 amide bonds. The van der Waals surface area contributed by atoms with E-state index < -0.39 is 0 Å². The van der Waals surface area contributed by atoms with Crippen LogP contribution in [0.25, 0.3) is 16.6 Å². The highest BCUT2D eigenvalue weighted by Gasteiger charge is 2.22. The Bertz CT molecular complexity index is 664. The van der Waals surface area contributed by atoms with Gasteiger partial charge in [-0.05, 0) is 18.6 Å². The van der Waals surface area contributed by atoms with E-state index in [1.165, 1.54) is 6.33 Å². The molecule has 0 aromatic carbocycles. The van der Waals surface area contributed by atoms with Gasteiger partial charge in [0.2, 0.25) is 0 Å². The average Bonchev–Trinajstić information content (AvgIpc) is 2.38.